The van der Waals surface area contributed by atoms with Gasteiger partial charge < -0.3 is 9.52 Å². The van der Waals surface area contributed by atoms with E-state index in [9.17, 15) is 14.7 Å². The summed E-state index contributed by atoms with van der Waals surface area (Å²) in [6, 6.07) is 17.6. The topological polar surface area (TPSA) is 70.8 Å². The van der Waals surface area contributed by atoms with Crippen molar-refractivity contribution < 1.29 is 19.1 Å². The first-order valence-electron chi connectivity index (χ1n) is 8.72. The van der Waals surface area contributed by atoms with Crippen LogP contribution < -0.4 is 4.90 Å². The van der Waals surface area contributed by atoms with Crippen LogP contribution >= 0.6 is 24.0 Å². The third kappa shape index (κ3) is 3.62. The summed E-state index contributed by atoms with van der Waals surface area (Å²) in [5.74, 6) is -0.370. The summed E-state index contributed by atoms with van der Waals surface area (Å²) < 4.78 is 6.26. The normalized spacial score (nSPS) is 15.3. The Labute approximate surface area is 176 Å². The summed E-state index contributed by atoms with van der Waals surface area (Å²) in [6.45, 7) is 1.93. The number of aromatic carboxylic acids is 1. The minimum absolute atomic E-state index is 0.152. The maximum Gasteiger partial charge on any atom is 0.336 e. The molecule has 1 amide bonds. The van der Waals surface area contributed by atoms with Crippen molar-refractivity contribution in [2.45, 2.75) is 6.92 Å². The third-order valence-corrected chi connectivity index (χ3v) is 5.78. The van der Waals surface area contributed by atoms with Gasteiger partial charge in [0.25, 0.3) is 5.91 Å². The van der Waals surface area contributed by atoms with Gasteiger partial charge in [0.05, 0.1) is 16.2 Å². The predicted octanol–water partition coefficient (Wildman–Crippen LogP) is 5.36. The maximum absolute atomic E-state index is 12.9. The van der Waals surface area contributed by atoms with Gasteiger partial charge in [-0.25, -0.2) is 4.79 Å². The van der Waals surface area contributed by atoms with Crippen LogP contribution in [0.3, 0.4) is 0 Å². The van der Waals surface area contributed by atoms with E-state index in [-0.39, 0.29) is 11.5 Å². The van der Waals surface area contributed by atoms with Crippen LogP contribution in [-0.2, 0) is 4.79 Å². The number of carboxylic acid groups (broad SMARTS) is 1. The molecule has 1 saturated heterocycles. The highest BCUT2D eigenvalue weighted by molar-refractivity contribution is 8.27. The molecule has 0 saturated carbocycles. The molecular weight excluding hydrogens is 406 g/mol. The van der Waals surface area contributed by atoms with Crippen LogP contribution in [0.5, 0.6) is 0 Å². The van der Waals surface area contributed by atoms with Crippen molar-refractivity contribution >= 4 is 51.9 Å². The lowest BCUT2D eigenvalue weighted by molar-refractivity contribution is -0.113. The number of aryl methyl sites for hydroxylation is 1. The summed E-state index contributed by atoms with van der Waals surface area (Å²) in [5, 5.41) is 9.37. The number of furan rings is 1. The Kier molecular flexibility index (Phi) is 5.08. The average molecular weight is 421 g/mol. The lowest BCUT2D eigenvalue weighted by Gasteiger charge is -2.16. The van der Waals surface area contributed by atoms with Gasteiger partial charge in [-0.15, -0.1) is 0 Å². The molecule has 7 heteroatoms. The number of hydrogen-bond donors (Lipinski definition) is 1. The van der Waals surface area contributed by atoms with Gasteiger partial charge in [-0.1, -0.05) is 60.4 Å². The summed E-state index contributed by atoms with van der Waals surface area (Å²) >= 11 is 6.62. The van der Waals surface area contributed by atoms with E-state index in [1.807, 2.05) is 31.2 Å². The molecule has 144 valence electrons. The van der Waals surface area contributed by atoms with Crippen molar-refractivity contribution in [2.24, 2.45) is 0 Å². The number of carbonyl (C=O) groups is 2. The second kappa shape index (κ2) is 7.69. The molecule has 2 aromatic carbocycles. The third-order valence-electron chi connectivity index (χ3n) is 4.47. The highest BCUT2D eigenvalue weighted by Crippen LogP contribution is 2.37. The lowest BCUT2D eigenvalue weighted by atomic mass is 10.1. The van der Waals surface area contributed by atoms with Crippen LogP contribution in [-0.4, -0.2) is 21.3 Å². The fraction of sp³-hybridized carbons (Fsp3) is 0.0455. The number of rotatable bonds is 4. The van der Waals surface area contributed by atoms with Crippen molar-refractivity contribution in [2.75, 3.05) is 4.90 Å². The molecule has 1 aromatic heterocycles. The molecule has 0 bridgehead atoms. The zero-order chi connectivity index (χ0) is 20.5. The fourth-order valence-corrected chi connectivity index (χ4v) is 4.34. The van der Waals surface area contributed by atoms with E-state index in [4.69, 9.17) is 16.6 Å². The molecule has 1 aliphatic heterocycles. The summed E-state index contributed by atoms with van der Waals surface area (Å²) in [6.07, 6.45) is 1.63. The van der Waals surface area contributed by atoms with Gasteiger partial charge in [-0.3, -0.25) is 9.69 Å². The van der Waals surface area contributed by atoms with Crippen molar-refractivity contribution in [3.63, 3.8) is 0 Å². The van der Waals surface area contributed by atoms with E-state index in [0.717, 1.165) is 11.3 Å². The number of amides is 1. The molecule has 4 rings (SSSR count). The number of carbonyl (C=O) groups excluding carboxylic acids is 1. The van der Waals surface area contributed by atoms with Gasteiger partial charge in [0, 0.05) is 11.6 Å². The number of hydrogen-bond acceptors (Lipinski definition) is 5. The Morgan fingerprint density at radius 1 is 1.10 bits per heavy atom. The minimum Gasteiger partial charge on any atom is -0.478 e. The van der Waals surface area contributed by atoms with Gasteiger partial charge in [0.15, 0.2) is 4.32 Å². The van der Waals surface area contributed by atoms with Gasteiger partial charge >= 0.3 is 5.97 Å². The number of nitrogens with zero attached hydrogens (tertiary/aromatic N) is 1. The van der Waals surface area contributed by atoms with Gasteiger partial charge in [0.2, 0.25) is 0 Å². The average Bonchev–Trinajstić information content (AvgIpc) is 3.27. The summed E-state index contributed by atoms with van der Waals surface area (Å²) in [7, 11) is 0. The molecule has 1 N–H and O–H groups in total. The summed E-state index contributed by atoms with van der Waals surface area (Å²) in [4.78, 5) is 26.3. The van der Waals surface area contributed by atoms with Crippen LogP contribution in [0.4, 0.5) is 5.69 Å². The Bertz CT molecular complexity index is 1180. The highest BCUT2D eigenvalue weighted by Gasteiger charge is 2.34. The first-order valence-corrected chi connectivity index (χ1v) is 9.94. The Balaban J connectivity index is 1.65. The van der Waals surface area contributed by atoms with Crippen molar-refractivity contribution in [1.82, 2.24) is 0 Å². The minimum atomic E-state index is -1.03. The van der Waals surface area contributed by atoms with Gasteiger partial charge in [-0.05, 0) is 36.8 Å². The molecule has 5 nitrogen and oxygen atoms in total. The van der Waals surface area contributed by atoms with E-state index >= 15 is 0 Å². The van der Waals surface area contributed by atoms with Crippen molar-refractivity contribution in [1.29, 1.82) is 0 Å². The van der Waals surface area contributed by atoms with E-state index in [1.165, 1.54) is 22.7 Å². The first-order chi connectivity index (χ1) is 14.0. The van der Waals surface area contributed by atoms with Crippen LogP contribution in [0, 0.1) is 6.92 Å². The molecular formula is C22H15NO4S2. The van der Waals surface area contributed by atoms with E-state index in [0.29, 0.717) is 26.3 Å². The number of benzene rings is 2. The number of thioether (sulfide) groups is 1. The molecule has 29 heavy (non-hydrogen) atoms. The molecule has 1 aliphatic rings. The second-order valence-corrected chi connectivity index (χ2v) is 8.03. The van der Waals surface area contributed by atoms with Crippen LogP contribution in [0.2, 0.25) is 0 Å². The first kappa shape index (κ1) is 19.2. The van der Waals surface area contributed by atoms with Gasteiger partial charge in [-0.2, -0.15) is 0 Å². The molecule has 1 fully saturated rings. The zero-order valence-corrected chi connectivity index (χ0v) is 16.9. The molecule has 0 radical (unpaired) electrons. The number of thiocarbonyl (C=S) groups is 1. The molecule has 3 aromatic rings. The molecule has 0 aliphatic carbocycles. The highest BCUT2D eigenvalue weighted by atomic mass is 32.2. The second-order valence-electron chi connectivity index (χ2n) is 6.36. The summed E-state index contributed by atoms with van der Waals surface area (Å²) in [5.41, 5.74) is 2.34. The SMILES string of the molecule is Cc1ccccc1N1C(=O)/C(=C\c2ccc(-c3ccccc3C(=O)O)o2)SC1=S. The zero-order valence-electron chi connectivity index (χ0n) is 15.3. The van der Waals surface area contributed by atoms with Crippen molar-refractivity contribution in [3.05, 3.63) is 82.5 Å². The monoisotopic (exact) mass is 421 g/mol. The molecule has 0 spiro atoms. The fourth-order valence-electron chi connectivity index (χ4n) is 3.08. The van der Waals surface area contributed by atoms with Gasteiger partial charge in [0.1, 0.15) is 11.5 Å². The van der Waals surface area contributed by atoms with E-state index in [1.54, 1.807) is 36.4 Å². The Morgan fingerprint density at radius 2 is 1.83 bits per heavy atom. The maximum atomic E-state index is 12.9. The predicted molar refractivity (Wildman–Crippen MR) is 118 cm³/mol. The quantitative estimate of drug-likeness (QED) is 0.452. The lowest BCUT2D eigenvalue weighted by Crippen LogP contribution is -2.28. The molecule has 0 atom stereocenters. The Hall–Kier alpha value is -3.16. The van der Waals surface area contributed by atoms with Crippen molar-refractivity contribution in [3.8, 4) is 11.3 Å². The Morgan fingerprint density at radius 3 is 2.59 bits per heavy atom. The van der Waals surface area contributed by atoms with Crippen LogP contribution in [0.15, 0.2) is 70.0 Å². The smallest absolute Gasteiger partial charge is 0.336 e. The molecule has 2 heterocycles. The number of anilines is 1. The number of carboxylic acids is 1. The van der Waals surface area contributed by atoms with Crippen LogP contribution in [0.25, 0.3) is 17.4 Å². The van der Waals surface area contributed by atoms with Crippen LogP contribution in [0.1, 0.15) is 21.7 Å². The molecule has 0 unspecified atom stereocenters. The standard InChI is InChI=1S/C22H15NO4S2/c1-13-6-2-5-9-17(13)23-20(24)19(29-22(23)28)12-14-10-11-18(27-14)15-7-3-4-8-16(15)21(25)26/h2-12H,1H3,(H,25,26)/b19-12+. The van der Waals surface area contributed by atoms with E-state index in [2.05, 4.69) is 0 Å². The largest absolute Gasteiger partial charge is 0.478 e. The number of para-hydroxylation sites is 1. The van der Waals surface area contributed by atoms with E-state index < -0.39 is 5.97 Å².